The SMILES string of the molecule is COc1ccc(OC(C(F)(F)F)C(F)(F)F)c(N)c1. The molecule has 0 heterocycles. The number of anilines is 1. The van der Waals surface area contributed by atoms with E-state index in [1.807, 2.05) is 0 Å². The molecule has 0 saturated heterocycles. The molecule has 0 saturated carbocycles. The van der Waals surface area contributed by atoms with Crippen LogP contribution in [0, 0.1) is 0 Å². The fraction of sp³-hybridized carbons (Fsp3) is 0.400. The Balaban J connectivity index is 3.04. The molecule has 2 N–H and O–H groups in total. The quantitative estimate of drug-likeness (QED) is 0.686. The van der Waals surface area contributed by atoms with Gasteiger partial charge in [-0.15, -0.1) is 0 Å². The third kappa shape index (κ3) is 3.83. The summed E-state index contributed by atoms with van der Waals surface area (Å²) in [5, 5.41) is 0. The van der Waals surface area contributed by atoms with E-state index in [1.54, 1.807) is 0 Å². The highest BCUT2D eigenvalue weighted by Gasteiger charge is 2.59. The molecule has 9 heteroatoms. The average molecular weight is 289 g/mol. The topological polar surface area (TPSA) is 44.5 Å². The highest BCUT2D eigenvalue weighted by atomic mass is 19.4. The van der Waals surface area contributed by atoms with Gasteiger partial charge in [-0.1, -0.05) is 0 Å². The Bertz CT molecular complexity index is 429. The zero-order valence-electron chi connectivity index (χ0n) is 9.47. The van der Waals surface area contributed by atoms with Crippen molar-refractivity contribution < 1.29 is 35.8 Å². The number of methoxy groups -OCH3 is 1. The molecule has 3 nitrogen and oxygen atoms in total. The zero-order valence-corrected chi connectivity index (χ0v) is 9.47. The Morgan fingerprint density at radius 2 is 1.58 bits per heavy atom. The number of rotatable bonds is 3. The van der Waals surface area contributed by atoms with Crippen molar-refractivity contribution in [2.75, 3.05) is 12.8 Å². The summed E-state index contributed by atoms with van der Waals surface area (Å²) in [6.07, 6.45) is -15.1. The van der Waals surface area contributed by atoms with Crippen LogP contribution < -0.4 is 15.2 Å². The number of nitrogens with two attached hydrogens (primary N) is 1. The summed E-state index contributed by atoms with van der Waals surface area (Å²) in [5.74, 6) is -0.541. The molecule has 0 aliphatic heterocycles. The lowest BCUT2D eigenvalue weighted by Gasteiger charge is -2.24. The van der Waals surface area contributed by atoms with Crippen LogP contribution in [0.1, 0.15) is 0 Å². The van der Waals surface area contributed by atoms with Crippen molar-refractivity contribution in [1.82, 2.24) is 0 Å². The second kappa shape index (κ2) is 5.06. The van der Waals surface area contributed by atoms with Crippen molar-refractivity contribution in [2.45, 2.75) is 18.5 Å². The maximum atomic E-state index is 12.3. The van der Waals surface area contributed by atoms with Gasteiger partial charge < -0.3 is 15.2 Å². The Morgan fingerprint density at radius 1 is 1.05 bits per heavy atom. The lowest BCUT2D eigenvalue weighted by atomic mass is 10.2. The number of benzene rings is 1. The smallest absolute Gasteiger partial charge is 0.434 e. The number of hydrogen-bond donors (Lipinski definition) is 1. The Morgan fingerprint density at radius 3 is 1.95 bits per heavy atom. The molecule has 0 aliphatic carbocycles. The third-order valence-corrected chi connectivity index (χ3v) is 2.06. The van der Waals surface area contributed by atoms with E-state index in [2.05, 4.69) is 4.74 Å². The fourth-order valence-corrected chi connectivity index (χ4v) is 1.21. The summed E-state index contributed by atoms with van der Waals surface area (Å²) in [5.41, 5.74) is 4.90. The van der Waals surface area contributed by atoms with Gasteiger partial charge >= 0.3 is 12.4 Å². The first kappa shape index (κ1) is 15.3. The highest BCUT2D eigenvalue weighted by molar-refractivity contribution is 5.56. The van der Waals surface area contributed by atoms with Crippen LogP contribution >= 0.6 is 0 Å². The van der Waals surface area contributed by atoms with E-state index in [9.17, 15) is 26.3 Å². The largest absolute Gasteiger partial charge is 0.497 e. The van der Waals surface area contributed by atoms with E-state index in [0.717, 1.165) is 18.2 Å². The minimum atomic E-state index is -5.59. The van der Waals surface area contributed by atoms with Gasteiger partial charge in [0.25, 0.3) is 6.10 Å². The van der Waals surface area contributed by atoms with Crippen LogP contribution in [-0.2, 0) is 0 Å². The number of hydrogen-bond acceptors (Lipinski definition) is 3. The zero-order chi connectivity index (χ0) is 14.8. The third-order valence-electron chi connectivity index (χ3n) is 2.06. The van der Waals surface area contributed by atoms with Gasteiger partial charge in [-0.25, -0.2) is 0 Å². The van der Waals surface area contributed by atoms with E-state index < -0.39 is 29.9 Å². The molecule has 0 amide bonds. The summed E-state index contributed by atoms with van der Waals surface area (Å²) in [7, 11) is 1.27. The van der Waals surface area contributed by atoms with Crippen molar-refractivity contribution in [1.29, 1.82) is 0 Å². The highest BCUT2D eigenvalue weighted by Crippen LogP contribution is 2.38. The summed E-state index contributed by atoms with van der Waals surface area (Å²) >= 11 is 0. The van der Waals surface area contributed by atoms with Gasteiger partial charge in [-0.2, -0.15) is 26.3 Å². The summed E-state index contributed by atoms with van der Waals surface area (Å²) in [4.78, 5) is 0. The van der Waals surface area contributed by atoms with Gasteiger partial charge in [0, 0.05) is 6.07 Å². The van der Waals surface area contributed by atoms with Crippen molar-refractivity contribution in [3.8, 4) is 11.5 Å². The molecule has 19 heavy (non-hydrogen) atoms. The Hall–Kier alpha value is -1.80. The van der Waals surface area contributed by atoms with Crippen LogP contribution in [0.25, 0.3) is 0 Å². The van der Waals surface area contributed by atoms with Crippen molar-refractivity contribution in [2.24, 2.45) is 0 Å². The maximum Gasteiger partial charge on any atom is 0.434 e. The first-order valence-electron chi connectivity index (χ1n) is 4.79. The molecule has 108 valence electrons. The van der Waals surface area contributed by atoms with Gasteiger partial charge in [-0.05, 0) is 12.1 Å². The summed E-state index contributed by atoms with van der Waals surface area (Å²) in [6.45, 7) is 0. The predicted molar refractivity (Wildman–Crippen MR) is 53.9 cm³/mol. The van der Waals surface area contributed by atoms with Crippen molar-refractivity contribution in [3.63, 3.8) is 0 Å². The van der Waals surface area contributed by atoms with E-state index in [4.69, 9.17) is 10.5 Å². The number of ether oxygens (including phenoxy) is 2. The molecule has 0 fully saturated rings. The van der Waals surface area contributed by atoms with E-state index >= 15 is 0 Å². The molecule has 0 bridgehead atoms. The Labute approximate surface area is 103 Å². The molecule has 0 aliphatic rings. The fourth-order valence-electron chi connectivity index (χ4n) is 1.21. The second-order valence-electron chi connectivity index (χ2n) is 3.48. The molecular formula is C10H9F6NO2. The average Bonchev–Trinajstić information content (AvgIpc) is 2.23. The molecule has 0 radical (unpaired) electrons. The summed E-state index contributed by atoms with van der Waals surface area (Å²) < 4.78 is 82.3. The first-order chi connectivity index (χ1) is 8.55. The van der Waals surface area contributed by atoms with Crippen LogP contribution in [-0.4, -0.2) is 25.6 Å². The molecule has 0 unspecified atom stereocenters. The van der Waals surface area contributed by atoms with Gasteiger partial charge in [0.05, 0.1) is 12.8 Å². The lowest BCUT2D eigenvalue weighted by molar-refractivity contribution is -0.299. The predicted octanol–water partition coefficient (Wildman–Crippen LogP) is 3.15. The lowest BCUT2D eigenvalue weighted by Crippen LogP contribution is -2.46. The van der Waals surface area contributed by atoms with Crippen LogP contribution in [0.4, 0.5) is 32.0 Å². The normalized spacial score (nSPS) is 12.6. The maximum absolute atomic E-state index is 12.3. The Kier molecular flexibility index (Phi) is 4.06. The van der Waals surface area contributed by atoms with Gasteiger partial charge in [0.2, 0.25) is 0 Å². The van der Waals surface area contributed by atoms with Crippen LogP contribution in [0.15, 0.2) is 18.2 Å². The number of halogens is 6. The summed E-state index contributed by atoms with van der Waals surface area (Å²) in [6, 6.07) is 3.06. The second-order valence-corrected chi connectivity index (χ2v) is 3.48. The van der Waals surface area contributed by atoms with Gasteiger partial charge in [0.1, 0.15) is 11.5 Å². The van der Waals surface area contributed by atoms with Crippen molar-refractivity contribution >= 4 is 5.69 Å². The molecule has 1 rings (SSSR count). The van der Waals surface area contributed by atoms with E-state index in [-0.39, 0.29) is 5.75 Å². The molecule has 0 spiro atoms. The van der Waals surface area contributed by atoms with Gasteiger partial charge in [-0.3, -0.25) is 0 Å². The molecule has 1 aromatic carbocycles. The first-order valence-corrected chi connectivity index (χ1v) is 4.79. The molecular weight excluding hydrogens is 280 g/mol. The van der Waals surface area contributed by atoms with E-state index in [1.165, 1.54) is 7.11 Å². The number of alkyl halides is 6. The molecule has 0 atom stereocenters. The van der Waals surface area contributed by atoms with E-state index in [0.29, 0.717) is 0 Å². The monoisotopic (exact) mass is 289 g/mol. The van der Waals surface area contributed by atoms with Crippen LogP contribution in [0.3, 0.4) is 0 Å². The standard InChI is InChI=1S/C10H9F6NO2/c1-18-5-2-3-7(6(17)4-5)19-8(9(11,12)13)10(14,15)16/h2-4,8H,17H2,1H3. The van der Waals surface area contributed by atoms with Gasteiger partial charge in [0.15, 0.2) is 0 Å². The van der Waals surface area contributed by atoms with Crippen molar-refractivity contribution in [3.05, 3.63) is 18.2 Å². The minimum absolute atomic E-state index is 0.181. The minimum Gasteiger partial charge on any atom is -0.497 e. The number of nitrogen functional groups attached to an aromatic ring is 1. The molecule has 0 aromatic heterocycles. The molecule has 1 aromatic rings. The van der Waals surface area contributed by atoms with Crippen LogP contribution in [0.5, 0.6) is 11.5 Å². The van der Waals surface area contributed by atoms with Crippen LogP contribution in [0.2, 0.25) is 0 Å².